The molecule has 5 rings (SSSR count). The summed E-state index contributed by atoms with van der Waals surface area (Å²) in [5.74, 6) is 1.81. The Morgan fingerprint density at radius 3 is 2.90 bits per heavy atom. The van der Waals surface area contributed by atoms with Crippen LogP contribution in [0, 0.1) is 25.2 Å². The second kappa shape index (κ2) is 6.85. The lowest BCUT2D eigenvalue weighted by Crippen LogP contribution is -2.39. The highest BCUT2D eigenvalue weighted by Gasteiger charge is 2.53. The van der Waals surface area contributed by atoms with Gasteiger partial charge in [-0.15, -0.1) is 0 Å². The van der Waals surface area contributed by atoms with Crippen molar-refractivity contribution < 1.29 is 19.2 Å². The lowest BCUT2D eigenvalue weighted by Gasteiger charge is -2.27. The third-order valence-electron chi connectivity index (χ3n) is 6.84. The number of hydrogen-bond donors (Lipinski definition) is 1. The molecule has 2 atom stereocenters. The summed E-state index contributed by atoms with van der Waals surface area (Å²) in [5, 5.41) is 14.2. The van der Waals surface area contributed by atoms with Gasteiger partial charge in [0.2, 0.25) is 0 Å². The maximum atomic E-state index is 13.0. The number of fused-ring (bicyclic) bond motifs is 2. The Kier molecular flexibility index (Phi) is 4.40. The number of aromatic nitrogens is 1. The first-order valence-corrected chi connectivity index (χ1v) is 10.3. The number of aliphatic hydroxyl groups is 1. The summed E-state index contributed by atoms with van der Waals surface area (Å²) in [6.45, 7) is 8.23. The number of nitrogens with zero attached hydrogens (tertiary/aromatic N) is 3. The number of carbonyl (C=O) groups excluding carboxylic acids is 1. The van der Waals surface area contributed by atoms with Crippen molar-refractivity contribution in [2.24, 2.45) is 11.3 Å². The minimum atomic E-state index is -0.255. The molecule has 2 fully saturated rings. The van der Waals surface area contributed by atoms with Gasteiger partial charge < -0.3 is 19.3 Å². The second-order valence-corrected chi connectivity index (χ2v) is 8.81. The van der Waals surface area contributed by atoms with E-state index in [1.165, 1.54) is 11.1 Å². The highest BCUT2D eigenvalue weighted by molar-refractivity contribution is 5.96. The van der Waals surface area contributed by atoms with Crippen LogP contribution in [0.4, 0.5) is 0 Å². The molecule has 3 aliphatic rings. The summed E-state index contributed by atoms with van der Waals surface area (Å²) in [7, 11) is 0. The first-order chi connectivity index (χ1) is 14.0. The van der Waals surface area contributed by atoms with Gasteiger partial charge in [-0.05, 0) is 37.0 Å². The quantitative estimate of drug-likeness (QED) is 0.848. The summed E-state index contributed by atoms with van der Waals surface area (Å²) in [6.07, 6.45) is 0.977. The Hall–Kier alpha value is -2.38. The number of aryl methyl sites for hydroxylation is 2. The van der Waals surface area contributed by atoms with Crippen molar-refractivity contribution in [3.63, 3.8) is 0 Å². The maximum Gasteiger partial charge on any atom is 0.259 e. The van der Waals surface area contributed by atoms with Gasteiger partial charge in [0.05, 0.1) is 18.9 Å². The smallest absolute Gasteiger partial charge is 0.259 e. The molecule has 0 aliphatic carbocycles. The third-order valence-corrected chi connectivity index (χ3v) is 6.84. The monoisotopic (exact) mass is 397 g/mol. The lowest BCUT2D eigenvalue weighted by molar-refractivity contribution is 0.0716. The fraction of sp³-hybridized carbons (Fsp3) is 0.545. The Labute approximate surface area is 170 Å². The van der Waals surface area contributed by atoms with Crippen molar-refractivity contribution in [3.8, 4) is 5.75 Å². The predicted octanol–water partition coefficient (Wildman–Crippen LogP) is 1.79. The van der Waals surface area contributed by atoms with Gasteiger partial charge in [-0.1, -0.05) is 17.3 Å². The zero-order valence-electron chi connectivity index (χ0n) is 17.0. The van der Waals surface area contributed by atoms with Crippen molar-refractivity contribution in [1.29, 1.82) is 0 Å². The molecule has 2 unspecified atom stereocenters. The van der Waals surface area contributed by atoms with Gasteiger partial charge in [0.15, 0.2) is 0 Å². The average molecular weight is 397 g/mol. The van der Waals surface area contributed by atoms with E-state index in [1.54, 1.807) is 13.8 Å². The molecule has 154 valence electrons. The van der Waals surface area contributed by atoms with Crippen LogP contribution in [0.25, 0.3) is 0 Å². The third kappa shape index (κ3) is 3.04. The molecular formula is C22H27N3O4. The van der Waals surface area contributed by atoms with Gasteiger partial charge in [0, 0.05) is 44.6 Å². The van der Waals surface area contributed by atoms with Gasteiger partial charge in [0.25, 0.3) is 5.91 Å². The second-order valence-electron chi connectivity index (χ2n) is 8.81. The highest BCUT2D eigenvalue weighted by Crippen LogP contribution is 2.43. The molecule has 0 radical (unpaired) electrons. The summed E-state index contributed by atoms with van der Waals surface area (Å²) in [4.78, 5) is 17.3. The van der Waals surface area contributed by atoms with E-state index in [0.717, 1.165) is 38.4 Å². The van der Waals surface area contributed by atoms with Crippen LogP contribution in [0.5, 0.6) is 5.75 Å². The minimum Gasteiger partial charge on any atom is -0.493 e. The van der Waals surface area contributed by atoms with Crippen molar-refractivity contribution >= 4 is 5.91 Å². The van der Waals surface area contributed by atoms with Crippen molar-refractivity contribution in [2.75, 3.05) is 39.4 Å². The van der Waals surface area contributed by atoms with Crippen LogP contribution in [-0.4, -0.2) is 65.4 Å². The largest absolute Gasteiger partial charge is 0.493 e. The number of ether oxygens (including phenoxy) is 1. The van der Waals surface area contributed by atoms with Crippen LogP contribution in [-0.2, 0) is 13.0 Å². The van der Waals surface area contributed by atoms with Crippen molar-refractivity contribution in [1.82, 2.24) is 15.0 Å². The van der Waals surface area contributed by atoms with Crippen LogP contribution >= 0.6 is 0 Å². The molecule has 2 saturated heterocycles. The fourth-order valence-electron chi connectivity index (χ4n) is 5.33. The molecule has 7 heteroatoms. The van der Waals surface area contributed by atoms with Gasteiger partial charge in [0.1, 0.15) is 17.1 Å². The van der Waals surface area contributed by atoms with E-state index in [1.807, 2.05) is 4.90 Å². The number of amides is 1. The molecule has 7 nitrogen and oxygen atoms in total. The van der Waals surface area contributed by atoms with E-state index < -0.39 is 0 Å². The standard InChI is InChI=1S/C22H27N3O4/c1-14-20(15(2)29-23-14)21(27)25-10-18-9-24(11-22(18,12-25)13-26)8-16-3-4-19-17(7-16)5-6-28-19/h3-4,7,18,26H,5-6,8-13H2,1-2H3. The van der Waals surface area contributed by atoms with E-state index in [4.69, 9.17) is 9.26 Å². The molecule has 1 aromatic carbocycles. The zero-order valence-corrected chi connectivity index (χ0v) is 17.0. The van der Waals surface area contributed by atoms with Gasteiger partial charge in [-0.2, -0.15) is 0 Å². The van der Waals surface area contributed by atoms with Gasteiger partial charge in [-0.3, -0.25) is 9.69 Å². The summed E-state index contributed by atoms with van der Waals surface area (Å²) in [6, 6.07) is 6.45. The fourth-order valence-corrected chi connectivity index (χ4v) is 5.33. The predicted molar refractivity (Wildman–Crippen MR) is 106 cm³/mol. The number of likely N-dealkylation sites (tertiary alicyclic amines) is 2. The van der Waals surface area contributed by atoms with E-state index in [2.05, 4.69) is 28.3 Å². The minimum absolute atomic E-state index is 0.0337. The lowest BCUT2D eigenvalue weighted by atomic mass is 9.82. The van der Waals surface area contributed by atoms with Crippen LogP contribution in [0.15, 0.2) is 22.7 Å². The number of hydrogen-bond acceptors (Lipinski definition) is 6. The van der Waals surface area contributed by atoms with Gasteiger partial charge >= 0.3 is 0 Å². The van der Waals surface area contributed by atoms with E-state index >= 15 is 0 Å². The van der Waals surface area contributed by atoms with Crippen LogP contribution in [0.2, 0.25) is 0 Å². The Morgan fingerprint density at radius 2 is 2.17 bits per heavy atom. The van der Waals surface area contributed by atoms with Crippen LogP contribution in [0.1, 0.15) is 32.9 Å². The molecular weight excluding hydrogens is 370 g/mol. The maximum absolute atomic E-state index is 13.0. The molecule has 29 heavy (non-hydrogen) atoms. The number of carbonyl (C=O) groups is 1. The summed E-state index contributed by atoms with van der Waals surface area (Å²) in [5.41, 5.74) is 3.51. The molecule has 2 aromatic rings. The first kappa shape index (κ1) is 18.6. The summed E-state index contributed by atoms with van der Waals surface area (Å²) < 4.78 is 10.8. The molecule has 1 N–H and O–H groups in total. The topological polar surface area (TPSA) is 79.0 Å². The Morgan fingerprint density at radius 1 is 1.31 bits per heavy atom. The van der Waals surface area contributed by atoms with E-state index in [0.29, 0.717) is 30.1 Å². The van der Waals surface area contributed by atoms with E-state index in [-0.39, 0.29) is 23.8 Å². The first-order valence-electron chi connectivity index (χ1n) is 10.3. The van der Waals surface area contributed by atoms with Crippen molar-refractivity contribution in [3.05, 3.63) is 46.3 Å². The van der Waals surface area contributed by atoms with E-state index in [9.17, 15) is 9.90 Å². The number of benzene rings is 1. The molecule has 0 saturated carbocycles. The SMILES string of the molecule is Cc1noc(C)c1C(=O)N1CC2CN(Cc3ccc4c(c3)CCO4)CC2(CO)C1. The highest BCUT2D eigenvalue weighted by atomic mass is 16.5. The van der Waals surface area contributed by atoms with Gasteiger partial charge in [-0.25, -0.2) is 0 Å². The van der Waals surface area contributed by atoms with Crippen LogP contribution in [0.3, 0.4) is 0 Å². The molecule has 1 aromatic heterocycles. The summed E-state index contributed by atoms with van der Waals surface area (Å²) >= 11 is 0. The normalized spacial score (nSPS) is 25.9. The molecule has 1 amide bonds. The Bertz CT molecular complexity index is 936. The molecule has 0 bridgehead atoms. The molecule has 4 heterocycles. The van der Waals surface area contributed by atoms with Crippen LogP contribution < -0.4 is 4.74 Å². The molecule has 3 aliphatic heterocycles. The molecule has 0 spiro atoms. The number of rotatable bonds is 4. The average Bonchev–Trinajstić information content (AvgIpc) is 3.44. The Balaban J connectivity index is 1.29. The zero-order chi connectivity index (χ0) is 20.2. The van der Waals surface area contributed by atoms with Crippen molar-refractivity contribution in [2.45, 2.75) is 26.8 Å². The number of aliphatic hydroxyl groups excluding tert-OH is 1.